The molecule has 8 rings (SSSR count). The Balaban J connectivity index is 0.000000213. The molecule has 4 heteroatoms. The molecule has 0 heterocycles. The van der Waals surface area contributed by atoms with Crippen LogP contribution in [0.5, 0.6) is 0 Å². The van der Waals surface area contributed by atoms with Crippen LogP contribution in [0, 0.1) is 24.7 Å². The maximum Gasteiger partial charge on any atom is 1.00 e. The van der Waals surface area contributed by atoms with Crippen LogP contribution in [0.15, 0.2) is 206 Å². The van der Waals surface area contributed by atoms with Gasteiger partial charge in [-0.25, -0.2) is 0 Å². The summed E-state index contributed by atoms with van der Waals surface area (Å²) in [7, 11) is -2.05. The molecular weight excluding hydrogens is 890 g/mol. The van der Waals surface area contributed by atoms with Gasteiger partial charge in [0.15, 0.2) is 4.90 Å². The fourth-order valence-electron chi connectivity index (χ4n) is 6.99. The molecule has 0 radical (unpaired) electrons. The zero-order chi connectivity index (χ0) is 36.9. The second kappa shape index (κ2) is 21.7. The summed E-state index contributed by atoms with van der Waals surface area (Å²) in [5.41, 5.74) is 1.71. The standard InChI is InChI=1S/C27H26P2.2C12H7.2Ag/c1-27(2,28(23-15-7-3-8-16-23)24-17-9-4-10-18-24)29(25-19-11-5-12-20-25)26-21-13-6-14-22-26;2*1-2-10-7-5-8-11-6-3-4-9-12(10)11;;/h3-22H,1-2H3;2*3-9H;;/q;2*-1;2*+1/p+2. The topological polar surface area (TPSA) is 0 Å². The van der Waals surface area contributed by atoms with Gasteiger partial charge in [-0.05, 0) is 59.3 Å². The zero-order valence-electron chi connectivity index (χ0n) is 30.7. The van der Waals surface area contributed by atoms with Gasteiger partial charge in [0.05, 0.1) is 0 Å². The number of hydrogen-bond donors (Lipinski definition) is 0. The molecule has 0 N–H and O–H groups in total. The average molecular weight is 933 g/mol. The summed E-state index contributed by atoms with van der Waals surface area (Å²) in [6.07, 6.45) is 14.2. The van der Waals surface area contributed by atoms with Crippen molar-refractivity contribution in [3.63, 3.8) is 0 Å². The summed E-state index contributed by atoms with van der Waals surface area (Å²) in [5.74, 6) is 4.84. The number of rotatable bonds is 6. The van der Waals surface area contributed by atoms with Crippen LogP contribution in [-0.2, 0) is 44.8 Å². The van der Waals surface area contributed by atoms with E-state index in [4.69, 9.17) is 12.8 Å². The fraction of sp³-hybridized carbons (Fsp3) is 0.0588. The molecule has 8 aromatic carbocycles. The Bertz CT molecular complexity index is 2190. The van der Waals surface area contributed by atoms with E-state index in [1.54, 1.807) is 0 Å². The van der Waals surface area contributed by atoms with E-state index in [0.29, 0.717) is 0 Å². The van der Waals surface area contributed by atoms with Crippen molar-refractivity contribution in [2.45, 2.75) is 18.7 Å². The predicted octanol–water partition coefficient (Wildman–Crippen LogP) is 11.0. The van der Waals surface area contributed by atoms with Gasteiger partial charge in [-0.3, -0.25) is 11.8 Å². The van der Waals surface area contributed by atoms with Gasteiger partial charge in [0.1, 0.15) is 37.1 Å². The summed E-state index contributed by atoms with van der Waals surface area (Å²) >= 11 is 0. The third-order valence-corrected chi connectivity index (χ3v) is 17.0. The monoisotopic (exact) mass is 930 g/mol. The number of benzene rings is 8. The van der Waals surface area contributed by atoms with Gasteiger partial charge in [-0.15, -0.1) is 23.3 Å². The van der Waals surface area contributed by atoms with E-state index in [9.17, 15) is 0 Å². The quantitative estimate of drug-likeness (QED) is 0.0675. The summed E-state index contributed by atoms with van der Waals surface area (Å²) in [5, 5.41) is 10.5. The Morgan fingerprint density at radius 2 is 0.600 bits per heavy atom. The summed E-state index contributed by atoms with van der Waals surface area (Å²) < 4.78 is 0. The van der Waals surface area contributed by atoms with Crippen LogP contribution in [0.25, 0.3) is 21.5 Å². The molecule has 0 amide bonds. The molecule has 0 saturated carbocycles. The molecule has 0 aliphatic heterocycles. The average Bonchev–Trinajstić information content (AvgIpc) is 3.22. The molecule has 8 aromatic rings. The van der Waals surface area contributed by atoms with Crippen molar-refractivity contribution in [1.29, 1.82) is 0 Å². The molecule has 0 aliphatic carbocycles. The fourth-order valence-corrected chi connectivity index (χ4v) is 15.4. The summed E-state index contributed by atoms with van der Waals surface area (Å²) in [6.45, 7) is 5.02. The largest absolute Gasteiger partial charge is 1.00 e. The van der Waals surface area contributed by atoms with Crippen LogP contribution in [0.1, 0.15) is 25.0 Å². The molecule has 0 unspecified atom stereocenters. The van der Waals surface area contributed by atoms with Crippen molar-refractivity contribution in [3.05, 3.63) is 230 Å². The van der Waals surface area contributed by atoms with Gasteiger partial charge in [-0.1, -0.05) is 156 Å². The molecule has 0 spiro atoms. The minimum Gasteiger partial charge on any atom is -0.366 e. The van der Waals surface area contributed by atoms with Gasteiger partial charge in [0.2, 0.25) is 0 Å². The van der Waals surface area contributed by atoms with Crippen LogP contribution < -0.4 is 21.2 Å². The molecule has 276 valence electrons. The third kappa shape index (κ3) is 11.0. The first-order chi connectivity index (χ1) is 26.0. The van der Waals surface area contributed by atoms with E-state index in [-0.39, 0.29) is 49.7 Å². The first kappa shape index (κ1) is 43.5. The Hall–Kier alpha value is -4.26. The molecule has 0 saturated heterocycles. The van der Waals surface area contributed by atoms with Crippen molar-refractivity contribution in [3.8, 4) is 11.8 Å². The molecule has 55 heavy (non-hydrogen) atoms. The van der Waals surface area contributed by atoms with Crippen molar-refractivity contribution >= 4 is 58.6 Å². The normalized spacial score (nSPS) is 10.4. The third-order valence-electron chi connectivity index (χ3n) is 9.35. The van der Waals surface area contributed by atoms with E-state index >= 15 is 0 Å². The van der Waals surface area contributed by atoms with Crippen LogP contribution in [0.3, 0.4) is 0 Å². The molecular formula is C51H42Ag2P2+2. The molecule has 0 aliphatic rings. The second-order valence-electron chi connectivity index (χ2n) is 13.1. The van der Waals surface area contributed by atoms with E-state index in [2.05, 4.69) is 147 Å². The molecule has 0 fully saturated rings. The molecule has 0 bridgehead atoms. The Labute approximate surface area is 361 Å². The van der Waals surface area contributed by atoms with E-state index < -0.39 is 15.8 Å². The predicted molar refractivity (Wildman–Crippen MR) is 235 cm³/mol. The Morgan fingerprint density at radius 3 is 0.891 bits per heavy atom. The van der Waals surface area contributed by atoms with Gasteiger partial charge in [-0.2, -0.15) is 0 Å². The number of hydrogen-bond acceptors (Lipinski definition) is 0. The van der Waals surface area contributed by atoms with Gasteiger partial charge in [0, 0.05) is 13.8 Å². The maximum absolute atomic E-state index is 7.08. The maximum atomic E-state index is 7.08. The summed E-state index contributed by atoms with van der Waals surface area (Å²) in [4.78, 5) is 0.154. The van der Waals surface area contributed by atoms with Gasteiger partial charge < -0.3 is 12.8 Å². The Kier molecular flexibility index (Phi) is 17.2. The zero-order valence-corrected chi connectivity index (χ0v) is 35.7. The van der Waals surface area contributed by atoms with E-state index in [1.165, 1.54) is 21.2 Å². The minimum atomic E-state index is -1.02. The van der Waals surface area contributed by atoms with E-state index in [0.717, 1.165) is 32.7 Å². The summed E-state index contributed by atoms with van der Waals surface area (Å²) in [6, 6.07) is 72.5. The van der Waals surface area contributed by atoms with Crippen LogP contribution in [-0.4, -0.2) is 4.90 Å². The van der Waals surface area contributed by atoms with Crippen molar-refractivity contribution < 1.29 is 44.8 Å². The van der Waals surface area contributed by atoms with Crippen LogP contribution in [0.4, 0.5) is 0 Å². The first-order valence-corrected chi connectivity index (χ1v) is 20.8. The van der Waals surface area contributed by atoms with Gasteiger partial charge >= 0.3 is 44.8 Å². The van der Waals surface area contributed by atoms with Crippen LogP contribution >= 0.6 is 15.8 Å². The minimum absolute atomic E-state index is 0. The molecule has 0 aromatic heterocycles. The first-order valence-electron chi connectivity index (χ1n) is 17.8. The molecule has 0 atom stereocenters. The Morgan fingerprint density at radius 1 is 0.345 bits per heavy atom. The van der Waals surface area contributed by atoms with Crippen molar-refractivity contribution in [1.82, 2.24) is 0 Å². The smallest absolute Gasteiger partial charge is 0.366 e. The molecule has 0 nitrogen and oxygen atoms in total. The van der Waals surface area contributed by atoms with Crippen molar-refractivity contribution in [2.24, 2.45) is 0 Å². The van der Waals surface area contributed by atoms with Gasteiger partial charge in [0.25, 0.3) is 0 Å². The number of fused-ring (bicyclic) bond motifs is 2. The second-order valence-corrected chi connectivity index (χ2v) is 20.0. The van der Waals surface area contributed by atoms with E-state index in [1.807, 2.05) is 84.9 Å². The van der Waals surface area contributed by atoms with Crippen LogP contribution in [0.2, 0.25) is 0 Å². The SMILES string of the molecule is CC(C)([PH+](c1ccccc1)c1ccccc1)[PH+](c1ccccc1)c1ccccc1.[Ag+].[Ag+].[C-]#Cc1cccc2ccccc12.[C-]#Cc1cccc2ccccc12. The van der Waals surface area contributed by atoms with Crippen molar-refractivity contribution in [2.75, 3.05) is 0 Å².